The summed E-state index contributed by atoms with van der Waals surface area (Å²) in [6, 6.07) is 17.3. The lowest BCUT2D eigenvalue weighted by Crippen LogP contribution is -2.20. The standard InChI is InChI=1S/C24H18FNO5/c1-29-21-5-3-2-4-18(21)20-13-31-22-12-17(10-11-19(22)24(20)28)30-14-23(27)26-16-8-6-15(25)7-9-16/h2-13H,14H2,1H3,(H,26,27). The number of anilines is 1. The van der Waals surface area contributed by atoms with Crippen LogP contribution in [0.2, 0.25) is 0 Å². The van der Waals surface area contributed by atoms with Crippen molar-refractivity contribution in [2.75, 3.05) is 19.0 Å². The number of amides is 1. The highest BCUT2D eigenvalue weighted by Gasteiger charge is 2.14. The number of fused-ring (bicyclic) bond motifs is 1. The van der Waals surface area contributed by atoms with Crippen LogP contribution in [0.3, 0.4) is 0 Å². The number of para-hydroxylation sites is 1. The number of hydrogen-bond donors (Lipinski definition) is 1. The maximum Gasteiger partial charge on any atom is 0.262 e. The lowest BCUT2D eigenvalue weighted by Gasteiger charge is -2.10. The van der Waals surface area contributed by atoms with Crippen molar-refractivity contribution in [3.8, 4) is 22.6 Å². The van der Waals surface area contributed by atoms with Gasteiger partial charge in [-0.15, -0.1) is 0 Å². The van der Waals surface area contributed by atoms with Crippen LogP contribution < -0.4 is 20.2 Å². The third-order valence-corrected chi connectivity index (χ3v) is 4.64. The summed E-state index contributed by atoms with van der Waals surface area (Å²) in [7, 11) is 1.54. The first-order valence-corrected chi connectivity index (χ1v) is 9.42. The molecule has 1 N–H and O–H groups in total. The second-order valence-electron chi connectivity index (χ2n) is 6.68. The lowest BCUT2D eigenvalue weighted by atomic mass is 10.0. The molecule has 0 aliphatic rings. The fourth-order valence-electron chi connectivity index (χ4n) is 3.13. The predicted octanol–water partition coefficient (Wildman–Crippen LogP) is 4.63. The molecular weight excluding hydrogens is 401 g/mol. The Balaban J connectivity index is 1.51. The third-order valence-electron chi connectivity index (χ3n) is 4.64. The van der Waals surface area contributed by atoms with Gasteiger partial charge in [-0.3, -0.25) is 9.59 Å². The summed E-state index contributed by atoms with van der Waals surface area (Å²) in [6.45, 7) is -0.258. The molecule has 0 bridgehead atoms. The van der Waals surface area contributed by atoms with Crippen molar-refractivity contribution in [3.63, 3.8) is 0 Å². The van der Waals surface area contributed by atoms with Gasteiger partial charge >= 0.3 is 0 Å². The molecule has 6 nitrogen and oxygen atoms in total. The van der Waals surface area contributed by atoms with Crippen LogP contribution in [0, 0.1) is 5.82 Å². The van der Waals surface area contributed by atoms with E-state index in [1.807, 2.05) is 12.1 Å². The summed E-state index contributed by atoms with van der Waals surface area (Å²) in [4.78, 5) is 25.0. The van der Waals surface area contributed by atoms with Crippen molar-refractivity contribution in [2.24, 2.45) is 0 Å². The number of carbonyl (C=O) groups excluding carboxylic acids is 1. The summed E-state index contributed by atoms with van der Waals surface area (Å²) in [5, 5.41) is 2.99. The van der Waals surface area contributed by atoms with Crippen LogP contribution in [0.4, 0.5) is 10.1 Å². The number of carbonyl (C=O) groups is 1. The molecule has 0 saturated carbocycles. The largest absolute Gasteiger partial charge is 0.496 e. The lowest BCUT2D eigenvalue weighted by molar-refractivity contribution is -0.118. The van der Waals surface area contributed by atoms with Gasteiger partial charge in [0.05, 0.1) is 18.1 Å². The minimum atomic E-state index is -0.403. The highest BCUT2D eigenvalue weighted by Crippen LogP contribution is 2.29. The monoisotopic (exact) mass is 419 g/mol. The average Bonchev–Trinajstić information content (AvgIpc) is 2.79. The maximum absolute atomic E-state index is 13.0. The second-order valence-corrected chi connectivity index (χ2v) is 6.68. The zero-order chi connectivity index (χ0) is 21.8. The molecule has 4 rings (SSSR count). The summed E-state index contributed by atoms with van der Waals surface area (Å²) in [6.07, 6.45) is 1.38. The number of rotatable bonds is 6. The van der Waals surface area contributed by atoms with Gasteiger partial charge in [0.1, 0.15) is 29.2 Å². The quantitative estimate of drug-likeness (QED) is 0.493. The average molecular weight is 419 g/mol. The van der Waals surface area contributed by atoms with E-state index in [1.54, 1.807) is 30.3 Å². The summed E-state index contributed by atoms with van der Waals surface area (Å²) < 4.78 is 29.4. The number of nitrogens with one attached hydrogen (secondary N) is 1. The second kappa shape index (κ2) is 8.71. The van der Waals surface area contributed by atoms with Gasteiger partial charge in [-0.2, -0.15) is 0 Å². The summed E-state index contributed by atoms with van der Waals surface area (Å²) >= 11 is 0. The number of hydrogen-bond acceptors (Lipinski definition) is 5. The van der Waals surface area contributed by atoms with Crippen LogP contribution in [-0.2, 0) is 4.79 Å². The zero-order valence-corrected chi connectivity index (χ0v) is 16.6. The molecule has 7 heteroatoms. The third kappa shape index (κ3) is 4.40. The van der Waals surface area contributed by atoms with Crippen molar-refractivity contribution in [1.29, 1.82) is 0 Å². The van der Waals surface area contributed by atoms with Crippen LogP contribution in [0.15, 0.2) is 82.2 Å². The molecule has 1 heterocycles. The Morgan fingerprint density at radius 1 is 1.03 bits per heavy atom. The topological polar surface area (TPSA) is 77.8 Å². The molecule has 0 aliphatic carbocycles. The smallest absolute Gasteiger partial charge is 0.262 e. The van der Waals surface area contributed by atoms with Crippen LogP contribution >= 0.6 is 0 Å². The highest BCUT2D eigenvalue weighted by molar-refractivity contribution is 5.92. The van der Waals surface area contributed by atoms with Gasteiger partial charge in [0.15, 0.2) is 6.61 Å². The Bertz CT molecular complexity index is 1300. The minimum Gasteiger partial charge on any atom is -0.496 e. The molecule has 4 aromatic rings. The van der Waals surface area contributed by atoms with Crippen LogP contribution in [-0.4, -0.2) is 19.6 Å². The highest BCUT2D eigenvalue weighted by atomic mass is 19.1. The summed E-state index contributed by atoms with van der Waals surface area (Å²) in [5.74, 6) is 0.150. The van der Waals surface area contributed by atoms with E-state index in [0.29, 0.717) is 39.3 Å². The maximum atomic E-state index is 13.0. The van der Waals surface area contributed by atoms with Gasteiger partial charge in [0.25, 0.3) is 5.91 Å². The molecule has 3 aromatic carbocycles. The van der Waals surface area contributed by atoms with E-state index in [1.165, 1.54) is 37.6 Å². The fourth-order valence-corrected chi connectivity index (χ4v) is 3.13. The molecule has 0 spiro atoms. The van der Waals surface area contributed by atoms with Gasteiger partial charge in [-0.05, 0) is 42.5 Å². The first-order valence-electron chi connectivity index (χ1n) is 9.42. The molecule has 1 amide bonds. The van der Waals surface area contributed by atoms with Crippen molar-refractivity contribution in [2.45, 2.75) is 0 Å². The molecule has 0 atom stereocenters. The Labute approximate surface area is 176 Å². The number of methoxy groups -OCH3 is 1. The molecule has 156 valence electrons. The Hall–Kier alpha value is -4.13. The van der Waals surface area contributed by atoms with Gasteiger partial charge in [-0.1, -0.05) is 18.2 Å². The first-order chi connectivity index (χ1) is 15.0. The van der Waals surface area contributed by atoms with Crippen LogP contribution in [0.1, 0.15) is 0 Å². The van der Waals surface area contributed by atoms with Gasteiger partial charge < -0.3 is 19.2 Å². The molecule has 0 radical (unpaired) electrons. The Morgan fingerprint density at radius 3 is 2.58 bits per heavy atom. The number of benzene rings is 3. The van der Waals surface area contributed by atoms with E-state index in [9.17, 15) is 14.0 Å². The summed E-state index contributed by atoms with van der Waals surface area (Å²) in [5.41, 5.74) is 1.62. The molecular formula is C24H18FNO5. The van der Waals surface area contributed by atoms with Gasteiger partial charge in [-0.25, -0.2) is 4.39 Å². The SMILES string of the molecule is COc1ccccc1-c1coc2cc(OCC(=O)Nc3ccc(F)cc3)ccc2c1=O. The molecule has 1 aromatic heterocycles. The normalized spacial score (nSPS) is 10.6. The Kier molecular flexibility index (Phi) is 5.66. The van der Waals surface area contributed by atoms with Crippen LogP contribution in [0.5, 0.6) is 11.5 Å². The predicted molar refractivity (Wildman–Crippen MR) is 115 cm³/mol. The van der Waals surface area contributed by atoms with E-state index in [-0.39, 0.29) is 17.9 Å². The molecule has 31 heavy (non-hydrogen) atoms. The van der Waals surface area contributed by atoms with Crippen LogP contribution in [0.25, 0.3) is 22.1 Å². The van der Waals surface area contributed by atoms with Crippen molar-refractivity contribution in [3.05, 3.63) is 89.0 Å². The van der Waals surface area contributed by atoms with Gasteiger partial charge in [0.2, 0.25) is 5.43 Å². The van der Waals surface area contributed by atoms with Crippen molar-refractivity contribution >= 4 is 22.6 Å². The van der Waals surface area contributed by atoms with Crippen molar-refractivity contribution < 1.29 is 23.1 Å². The Morgan fingerprint density at radius 2 is 1.81 bits per heavy atom. The first kappa shape index (κ1) is 20.2. The van der Waals surface area contributed by atoms with E-state index in [2.05, 4.69) is 5.32 Å². The molecule has 0 aliphatic heterocycles. The molecule has 0 fully saturated rings. The van der Waals surface area contributed by atoms with E-state index in [0.717, 1.165) is 0 Å². The van der Waals surface area contributed by atoms with E-state index in [4.69, 9.17) is 13.9 Å². The minimum absolute atomic E-state index is 0.202. The van der Waals surface area contributed by atoms with E-state index >= 15 is 0 Å². The van der Waals surface area contributed by atoms with E-state index < -0.39 is 5.91 Å². The number of halogens is 1. The molecule has 0 unspecified atom stereocenters. The van der Waals surface area contributed by atoms with Crippen molar-refractivity contribution in [1.82, 2.24) is 0 Å². The zero-order valence-electron chi connectivity index (χ0n) is 16.6. The number of ether oxygens (including phenoxy) is 2. The van der Waals surface area contributed by atoms with Gasteiger partial charge in [0, 0.05) is 17.3 Å². The fraction of sp³-hybridized carbons (Fsp3) is 0.0833. The molecule has 0 saturated heterocycles.